The lowest BCUT2D eigenvalue weighted by molar-refractivity contribution is -0.140. The molecule has 0 saturated carbocycles. The van der Waals surface area contributed by atoms with Crippen molar-refractivity contribution < 1.29 is 18.0 Å². The Morgan fingerprint density at radius 3 is 2.59 bits per heavy atom. The van der Waals surface area contributed by atoms with Gasteiger partial charge in [0.1, 0.15) is 6.54 Å². The third-order valence-electron chi connectivity index (χ3n) is 4.42. The molecule has 1 aromatic carbocycles. The molecule has 3 aromatic rings. The Kier molecular flexibility index (Phi) is 4.26. The molecule has 4 rings (SSSR count). The van der Waals surface area contributed by atoms with Crippen molar-refractivity contribution in [3.05, 3.63) is 53.3 Å². The van der Waals surface area contributed by atoms with Crippen molar-refractivity contribution in [1.29, 1.82) is 0 Å². The van der Waals surface area contributed by atoms with E-state index in [4.69, 9.17) is 11.6 Å². The van der Waals surface area contributed by atoms with Crippen LogP contribution in [0.3, 0.4) is 0 Å². The van der Waals surface area contributed by atoms with Crippen LogP contribution >= 0.6 is 11.6 Å². The summed E-state index contributed by atoms with van der Waals surface area (Å²) in [6, 6.07) is 6.37. The Hall–Kier alpha value is -2.68. The highest BCUT2D eigenvalue weighted by Crippen LogP contribution is 2.31. The summed E-state index contributed by atoms with van der Waals surface area (Å²) in [5, 5.41) is 0.263. The van der Waals surface area contributed by atoms with Gasteiger partial charge in [0.25, 0.3) is 5.91 Å². The Balaban J connectivity index is 1.60. The maximum absolute atomic E-state index is 13.0. The van der Waals surface area contributed by atoms with Crippen molar-refractivity contribution in [2.75, 3.05) is 13.1 Å². The zero-order chi connectivity index (χ0) is 19.2. The molecule has 3 heterocycles. The number of fused-ring (bicyclic) bond motifs is 1. The summed E-state index contributed by atoms with van der Waals surface area (Å²) in [5.41, 5.74) is 1.19. The number of amides is 1. The Morgan fingerprint density at radius 1 is 1.19 bits per heavy atom. The molecule has 0 unspecified atom stereocenters. The van der Waals surface area contributed by atoms with E-state index in [-0.39, 0.29) is 22.4 Å². The van der Waals surface area contributed by atoms with Gasteiger partial charge in [-0.15, -0.1) is 0 Å². The van der Waals surface area contributed by atoms with Crippen molar-refractivity contribution in [2.24, 2.45) is 0 Å². The average molecular weight is 396 g/mol. The van der Waals surface area contributed by atoms with Crippen molar-refractivity contribution in [3.63, 3.8) is 0 Å². The van der Waals surface area contributed by atoms with E-state index < -0.39 is 18.6 Å². The molecule has 1 aliphatic rings. The van der Waals surface area contributed by atoms with E-state index in [1.807, 2.05) is 0 Å². The summed E-state index contributed by atoms with van der Waals surface area (Å²) in [6.07, 6.45) is -1.50. The highest BCUT2D eigenvalue weighted by atomic mass is 35.5. The van der Waals surface area contributed by atoms with Gasteiger partial charge < -0.3 is 9.47 Å². The van der Waals surface area contributed by atoms with Gasteiger partial charge in [0.05, 0.1) is 16.7 Å². The minimum absolute atomic E-state index is 0.101. The lowest BCUT2D eigenvalue weighted by Gasteiger charge is -2.38. The lowest BCUT2D eigenvalue weighted by atomic mass is 9.96. The third-order valence-corrected chi connectivity index (χ3v) is 4.71. The smallest absolute Gasteiger partial charge is 0.334 e. The molecule has 140 valence electrons. The largest absolute Gasteiger partial charge is 0.406 e. The standard InChI is InChI=1S/C17H13ClF3N5O/c18-14-13(22-5-6-23-14)10-7-25(8-10)16(27)15-24-11-3-1-2-4-12(11)26(15)9-17(19,20)21/h1-6,10H,7-9H2. The fourth-order valence-corrected chi connectivity index (χ4v) is 3.40. The summed E-state index contributed by atoms with van der Waals surface area (Å²) in [5.74, 6) is -0.875. The minimum Gasteiger partial charge on any atom is -0.334 e. The molecule has 0 spiro atoms. The number of nitrogens with zero attached hydrogens (tertiary/aromatic N) is 5. The number of carbonyl (C=O) groups excluding carboxylic acids is 1. The highest BCUT2D eigenvalue weighted by molar-refractivity contribution is 6.30. The topological polar surface area (TPSA) is 63.9 Å². The van der Waals surface area contributed by atoms with Gasteiger partial charge in [-0.3, -0.25) is 9.78 Å². The summed E-state index contributed by atoms with van der Waals surface area (Å²) < 4.78 is 40.0. The van der Waals surface area contributed by atoms with E-state index in [2.05, 4.69) is 15.0 Å². The second-order valence-corrected chi connectivity index (χ2v) is 6.62. The number of imidazole rings is 1. The van der Waals surface area contributed by atoms with Gasteiger partial charge in [-0.05, 0) is 12.1 Å². The number of rotatable bonds is 3. The zero-order valence-corrected chi connectivity index (χ0v) is 14.6. The number of hydrogen-bond acceptors (Lipinski definition) is 4. The predicted molar refractivity (Wildman–Crippen MR) is 91.5 cm³/mol. The Labute approximate surface area is 156 Å². The van der Waals surface area contributed by atoms with E-state index in [1.165, 1.54) is 23.4 Å². The number of likely N-dealkylation sites (tertiary alicyclic amines) is 1. The maximum atomic E-state index is 13.0. The van der Waals surface area contributed by atoms with Crippen LogP contribution in [0.2, 0.25) is 5.15 Å². The molecule has 1 saturated heterocycles. The van der Waals surface area contributed by atoms with Gasteiger partial charge in [0.15, 0.2) is 5.15 Å². The molecule has 0 atom stereocenters. The van der Waals surface area contributed by atoms with Gasteiger partial charge >= 0.3 is 6.18 Å². The van der Waals surface area contributed by atoms with Gasteiger partial charge in [0.2, 0.25) is 5.82 Å². The van der Waals surface area contributed by atoms with Crippen LogP contribution in [0, 0.1) is 0 Å². The van der Waals surface area contributed by atoms with Gasteiger partial charge in [-0.2, -0.15) is 13.2 Å². The molecule has 6 nitrogen and oxygen atoms in total. The molecule has 0 bridgehead atoms. The maximum Gasteiger partial charge on any atom is 0.406 e. The van der Waals surface area contributed by atoms with E-state index in [0.29, 0.717) is 24.3 Å². The molecule has 0 aliphatic carbocycles. The van der Waals surface area contributed by atoms with Crippen LogP contribution in [-0.4, -0.2) is 49.6 Å². The first-order valence-electron chi connectivity index (χ1n) is 8.11. The number of para-hydroxylation sites is 2. The molecule has 1 fully saturated rings. The summed E-state index contributed by atoms with van der Waals surface area (Å²) in [6.45, 7) is -0.680. The van der Waals surface area contributed by atoms with Crippen LogP contribution in [0.4, 0.5) is 13.2 Å². The van der Waals surface area contributed by atoms with E-state index in [9.17, 15) is 18.0 Å². The fraction of sp³-hybridized carbons (Fsp3) is 0.294. The molecule has 1 amide bonds. The number of hydrogen-bond donors (Lipinski definition) is 0. The molecule has 27 heavy (non-hydrogen) atoms. The van der Waals surface area contributed by atoms with Crippen LogP contribution in [0.1, 0.15) is 22.2 Å². The predicted octanol–water partition coefficient (Wildman–Crippen LogP) is 3.28. The van der Waals surface area contributed by atoms with Crippen LogP contribution in [0.25, 0.3) is 11.0 Å². The van der Waals surface area contributed by atoms with Crippen molar-refractivity contribution >= 4 is 28.5 Å². The summed E-state index contributed by atoms with van der Waals surface area (Å²) in [4.78, 5) is 26.5. The van der Waals surface area contributed by atoms with Crippen LogP contribution in [0.5, 0.6) is 0 Å². The van der Waals surface area contributed by atoms with Crippen molar-refractivity contribution in [1.82, 2.24) is 24.4 Å². The van der Waals surface area contributed by atoms with Crippen LogP contribution < -0.4 is 0 Å². The van der Waals surface area contributed by atoms with Crippen LogP contribution in [-0.2, 0) is 6.54 Å². The van der Waals surface area contributed by atoms with Gasteiger partial charge in [-0.25, -0.2) is 9.97 Å². The molecular weight excluding hydrogens is 383 g/mol. The van der Waals surface area contributed by atoms with E-state index in [0.717, 1.165) is 4.57 Å². The number of benzene rings is 1. The lowest BCUT2D eigenvalue weighted by Crippen LogP contribution is -2.49. The molecule has 0 N–H and O–H groups in total. The molecule has 1 aliphatic heterocycles. The summed E-state index contributed by atoms with van der Waals surface area (Å²) >= 11 is 6.01. The van der Waals surface area contributed by atoms with E-state index >= 15 is 0 Å². The second-order valence-electron chi connectivity index (χ2n) is 6.26. The van der Waals surface area contributed by atoms with Gasteiger partial charge in [-0.1, -0.05) is 23.7 Å². The molecule has 2 aromatic heterocycles. The quantitative estimate of drug-likeness (QED) is 0.682. The highest BCUT2D eigenvalue weighted by Gasteiger charge is 2.38. The molecule has 10 heteroatoms. The number of aromatic nitrogens is 4. The van der Waals surface area contributed by atoms with Crippen molar-refractivity contribution in [2.45, 2.75) is 18.6 Å². The molecule has 0 radical (unpaired) electrons. The molecular formula is C17H13ClF3N5O. The zero-order valence-electron chi connectivity index (χ0n) is 13.8. The Morgan fingerprint density at radius 2 is 1.89 bits per heavy atom. The Bertz CT molecular complexity index is 1010. The SMILES string of the molecule is O=C(c1nc2ccccc2n1CC(F)(F)F)N1CC(c2nccnc2Cl)C1. The minimum atomic E-state index is -4.47. The first-order valence-corrected chi connectivity index (χ1v) is 8.49. The number of alkyl halides is 3. The second kappa shape index (κ2) is 6.49. The fourth-order valence-electron chi connectivity index (χ4n) is 3.14. The normalized spacial score (nSPS) is 15.2. The van der Waals surface area contributed by atoms with Crippen molar-refractivity contribution in [3.8, 4) is 0 Å². The first kappa shape index (κ1) is 17.7. The number of halogens is 4. The average Bonchev–Trinajstić information content (AvgIpc) is 2.92. The van der Waals surface area contributed by atoms with E-state index in [1.54, 1.807) is 18.2 Å². The summed E-state index contributed by atoms with van der Waals surface area (Å²) in [7, 11) is 0. The first-order chi connectivity index (χ1) is 12.8. The third kappa shape index (κ3) is 3.34. The van der Waals surface area contributed by atoms with Crippen LogP contribution in [0.15, 0.2) is 36.7 Å². The number of carbonyl (C=O) groups is 1. The van der Waals surface area contributed by atoms with Gasteiger partial charge in [0, 0.05) is 31.4 Å². The monoisotopic (exact) mass is 395 g/mol.